The lowest BCUT2D eigenvalue weighted by Gasteiger charge is -2.20. The Morgan fingerprint density at radius 3 is 2.45 bits per heavy atom. The number of esters is 1. The van der Waals surface area contributed by atoms with Crippen molar-refractivity contribution >= 4 is 45.2 Å². The van der Waals surface area contributed by atoms with Crippen LogP contribution in [0.15, 0.2) is 68.8 Å². The van der Waals surface area contributed by atoms with Crippen molar-refractivity contribution in [2.45, 2.75) is 32.8 Å². The number of nitrogens with zero attached hydrogens (tertiary/aromatic N) is 1. The van der Waals surface area contributed by atoms with E-state index in [0.717, 1.165) is 11.0 Å². The van der Waals surface area contributed by atoms with Gasteiger partial charge in [-0.25, -0.2) is 9.78 Å². The van der Waals surface area contributed by atoms with Crippen LogP contribution in [0.2, 0.25) is 0 Å². The summed E-state index contributed by atoms with van der Waals surface area (Å²) in [5.41, 5.74) is 2.12. The molecule has 0 saturated carbocycles. The molecule has 0 aliphatic rings. The summed E-state index contributed by atoms with van der Waals surface area (Å²) < 4.78 is 17.3. The van der Waals surface area contributed by atoms with E-state index >= 15 is 0 Å². The zero-order chi connectivity index (χ0) is 23.2. The smallest absolute Gasteiger partial charge is 0.340 e. The Labute approximate surface area is 193 Å². The zero-order valence-corrected chi connectivity index (χ0v) is 19.2. The van der Waals surface area contributed by atoms with Crippen molar-refractivity contribution in [1.82, 2.24) is 4.98 Å². The van der Waals surface area contributed by atoms with Crippen LogP contribution >= 0.6 is 11.3 Å². The number of ether oxygens (including phenoxy) is 1. The van der Waals surface area contributed by atoms with E-state index in [-0.39, 0.29) is 18.1 Å². The standard InChI is InChI=1S/C26H21NO5S/c1-26(2,3)32-25(29)23-16(21-12-15-8-4-6-10-19(15)30-21)14-33-22(23)13-18(28)24-27-17-9-5-7-11-20(17)31-24/h4-12,14H,13H2,1-3H3. The van der Waals surface area contributed by atoms with Gasteiger partial charge in [-0.1, -0.05) is 30.3 Å². The molecule has 0 aliphatic carbocycles. The molecule has 3 heterocycles. The molecule has 0 unspecified atom stereocenters. The Kier molecular flexibility index (Phi) is 5.13. The van der Waals surface area contributed by atoms with Crippen LogP contribution in [0.1, 0.15) is 46.7 Å². The van der Waals surface area contributed by atoms with Gasteiger partial charge in [0.05, 0.1) is 12.0 Å². The van der Waals surface area contributed by atoms with Crippen LogP contribution in [-0.2, 0) is 11.2 Å². The Balaban J connectivity index is 1.54. The number of benzene rings is 2. The molecule has 0 fully saturated rings. The van der Waals surface area contributed by atoms with Crippen LogP contribution in [0.25, 0.3) is 33.4 Å². The van der Waals surface area contributed by atoms with E-state index in [1.165, 1.54) is 11.3 Å². The summed E-state index contributed by atoms with van der Waals surface area (Å²) in [6.07, 6.45) is -0.0354. The third-order valence-electron chi connectivity index (χ3n) is 5.01. The number of carbonyl (C=O) groups excluding carboxylic acids is 2. The van der Waals surface area contributed by atoms with Crippen LogP contribution in [0.5, 0.6) is 0 Å². The number of ketones is 1. The van der Waals surface area contributed by atoms with Crippen LogP contribution in [0.3, 0.4) is 0 Å². The first-order valence-electron chi connectivity index (χ1n) is 10.5. The van der Waals surface area contributed by atoms with Crippen LogP contribution in [0.4, 0.5) is 0 Å². The average molecular weight is 460 g/mol. The van der Waals surface area contributed by atoms with Gasteiger partial charge in [0.1, 0.15) is 22.5 Å². The van der Waals surface area contributed by atoms with Crippen molar-refractivity contribution < 1.29 is 23.2 Å². The third kappa shape index (κ3) is 4.19. The molecule has 0 spiro atoms. The number of para-hydroxylation sites is 3. The highest BCUT2D eigenvalue weighted by Crippen LogP contribution is 2.37. The zero-order valence-electron chi connectivity index (χ0n) is 18.4. The number of furan rings is 1. The summed E-state index contributed by atoms with van der Waals surface area (Å²) >= 11 is 1.31. The Hall–Kier alpha value is -3.71. The quantitative estimate of drug-likeness (QED) is 0.215. The first kappa shape index (κ1) is 21.2. The topological polar surface area (TPSA) is 82.5 Å². The molecule has 166 valence electrons. The van der Waals surface area contributed by atoms with Gasteiger partial charge < -0.3 is 13.6 Å². The second-order valence-corrected chi connectivity index (χ2v) is 9.65. The predicted octanol–water partition coefficient (Wildman–Crippen LogP) is 6.68. The number of Topliss-reactive ketones (excluding diaryl/α,β-unsaturated/α-hetero) is 1. The molecule has 6 nitrogen and oxygen atoms in total. The number of thiophene rings is 1. The summed E-state index contributed by atoms with van der Waals surface area (Å²) in [5.74, 6) is -0.243. The molecule has 5 aromatic rings. The molecule has 0 N–H and O–H groups in total. The van der Waals surface area contributed by atoms with Gasteiger partial charge in [-0.15, -0.1) is 11.3 Å². The number of hydrogen-bond acceptors (Lipinski definition) is 7. The highest BCUT2D eigenvalue weighted by molar-refractivity contribution is 7.11. The second-order valence-electron chi connectivity index (χ2n) is 8.68. The van der Waals surface area contributed by atoms with Crippen molar-refractivity contribution in [3.8, 4) is 11.3 Å². The van der Waals surface area contributed by atoms with Gasteiger partial charge in [-0.05, 0) is 45.0 Å². The van der Waals surface area contributed by atoms with E-state index in [2.05, 4.69) is 4.98 Å². The molecular weight excluding hydrogens is 438 g/mol. The van der Waals surface area contributed by atoms with Gasteiger partial charge in [0.15, 0.2) is 5.58 Å². The van der Waals surface area contributed by atoms with E-state index in [1.807, 2.05) is 47.8 Å². The van der Waals surface area contributed by atoms with Crippen LogP contribution < -0.4 is 0 Å². The second kappa shape index (κ2) is 8.01. The van der Waals surface area contributed by atoms with Gasteiger partial charge in [-0.3, -0.25) is 4.79 Å². The van der Waals surface area contributed by atoms with E-state index in [0.29, 0.717) is 32.9 Å². The molecule has 0 bridgehead atoms. The van der Waals surface area contributed by atoms with Gasteiger partial charge >= 0.3 is 5.97 Å². The van der Waals surface area contributed by atoms with Crippen molar-refractivity contribution in [3.63, 3.8) is 0 Å². The normalized spacial score (nSPS) is 11.8. The molecule has 2 aromatic carbocycles. The number of oxazole rings is 1. The third-order valence-corrected chi connectivity index (χ3v) is 6.00. The molecule has 0 atom stereocenters. The first-order valence-corrected chi connectivity index (χ1v) is 11.4. The minimum absolute atomic E-state index is 0.0185. The lowest BCUT2D eigenvalue weighted by atomic mass is 10.0. The van der Waals surface area contributed by atoms with E-state index in [9.17, 15) is 9.59 Å². The Morgan fingerprint density at radius 2 is 1.73 bits per heavy atom. The van der Waals surface area contributed by atoms with Gasteiger partial charge in [-0.2, -0.15) is 0 Å². The van der Waals surface area contributed by atoms with E-state index in [1.54, 1.807) is 32.9 Å². The number of rotatable bonds is 5. The summed E-state index contributed by atoms with van der Waals surface area (Å²) in [5, 5.41) is 2.75. The molecule has 33 heavy (non-hydrogen) atoms. The monoisotopic (exact) mass is 459 g/mol. The maximum Gasteiger partial charge on any atom is 0.340 e. The number of carbonyl (C=O) groups is 2. The minimum Gasteiger partial charge on any atom is -0.456 e. The highest BCUT2D eigenvalue weighted by atomic mass is 32.1. The van der Waals surface area contributed by atoms with Crippen molar-refractivity contribution in [3.05, 3.63) is 76.3 Å². The van der Waals surface area contributed by atoms with Gasteiger partial charge in [0, 0.05) is 21.2 Å². The predicted molar refractivity (Wildman–Crippen MR) is 127 cm³/mol. The van der Waals surface area contributed by atoms with Crippen molar-refractivity contribution in [2.75, 3.05) is 0 Å². The largest absolute Gasteiger partial charge is 0.456 e. The highest BCUT2D eigenvalue weighted by Gasteiger charge is 2.29. The lowest BCUT2D eigenvalue weighted by Crippen LogP contribution is -2.24. The summed E-state index contributed by atoms with van der Waals surface area (Å²) in [6.45, 7) is 5.42. The van der Waals surface area contributed by atoms with E-state index < -0.39 is 11.6 Å². The molecule has 3 aromatic heterocycles. The summed E-state index contributed by atoms with van der Waals surface area (Å²) in [7, 11) is 0. The summed E-state index contributed by atoms with van der Waals surface area (Å²) in [4.78, 5) is 31.1. The molecule has 0 amide bonds. The molecule has 7 heteroatoms. The SMILES string of the molecule is CC(C)(C)OC(=O)c1c(-c2cc3ccccc3o2)csc1CC(=O)c1nc2ccccc2o1. The Bertz CT molecular complexity index is 1430. The molecule has 5 rings (SSSR count). The fraction of sp³-hybridized carbons (Fsp3) is 0.192. The van der Waals surface area contributed by atoms with Gasteiger partial charge in [0.25, 0.3) is 5.89 Å². The van der Waals surface area contributed by atoms with Gasteiger partial charge in [0.2, 0.25) is 5.78 Å². The number of aromatic nitrogens is 1. The first-order chi connectivity index (χ1) is 15.8. The fourth-order valence-electron chi connectivity index (χ4n) is 3.59. The van der Waals surface area contributed by atoms with Crippen LogP contribution in [0, 0.1) is 0 Å². The maximum atomic E-state index is 13.2. The Morgan fingerprint density at radius 1 is 1.00 bits per heavy atom. The summed E-state index contributed by atoms with van der Waals surface area (Å²) in [6, 6.07) is 16.7. The lowest BCUT2D eigenvalue weighted by molar-refractivity contribution is 0.00700. The van der Waals surface area contributed by atoms with Crippen molar-refractivity contribution in [2.24, 2.45) is 0 Å². The van der Waals surface area contributed by atoms with Crippen LogP contribution in [-0.4, -0.2) is 22.3 Å². The number of hydrogen-bond donors (Lipinski definition) is 0. The molecule has 0 saturated heterocycles. The number of fused-ring (bicyclic) bond motifs is 2. The average Bonchev–Trinajstić information content (AvgIpc) is 3.48. The molecular formula is C26H21NO5S. The maximum absolute atomic E-state index is 13.2. The van der Waals surface area contributed by atoms with E-state index in [4.69, 9.17) is 13.6 Å². The molecule has 0 radical (unpaired) electrons. The van der Waals surface area contributed by atoms with Crippen molar-refractivity contribution in [1.29, 1.82) is 0 Å². The fourth-order valence-corrected chi connectivity index (χ4v) is 4.61. The molecule has 0 aliphatic heterocycles. The minimum atomic E-state index is -0.689.